The van der Waals surface area contributed by atoms with Crippen LogP contribution in [0, 0.1) is 47.3 Å². The zero-order chi connectivity index (χ0) is 34.5. The average Bonchev–Trinajstić information content (AvgIpc) is 3.96. The van der Waals surface area contributed by atoms with Gasteiger partial charge in [0.15, 0.2) is 34.6 Å². The van der Waals surface area contributed by atoms with Gasteiger partial charge in [-0.15, -0.1) is 45.3 Å². The summed E-state index contributed by atoms with van der Waals surface area (Å²) in [6.45, 7) is 4.57. The van der Waals surface area contributed by atoms with E-state index in [4.69, 9.17) is 9.98 Å². The maximum Gasteiger partial charge on any atom is 0.188 e. The van der Waals surface area contributed by atoms with Gasteiger partial charge in [-0.2, -0.15) is 0 Å². The molecule has 51 heavy (non-hydrogen) atoms. The summed E-state index contributed by atoms with van der Waals surface area (Å²) < 4.78 is 4.71. The molecule has 0 spiro atoms. The number of fused-ring (bicyclic) bond motifs is 11. The fourth-order valence-electron chi connectivity index (χ4n) is 11.8. The van der Waals surface area contributed by atoms with Crippen molar-refractivity contribution in [1.82, 2.24) is 0 Å². The predicted molar refractivity (Wildman–Crippen MR) is 208 cm³/mol. The highest BCUT2D eigenvalue weighted by molar-refractivity contribution is 7.36. The van der Waals surface area contributed by atoms with Gasteiger partial charge in [0, 0.05) is 38.5 Å². The normalized spacial score (nSPS) is 33.8. The number of nitrogens with zero attached hydrogens (tertiary/aromatic N) is 2. The quantitative estimate of drug-likeness (QED) is 0.204. The third-order valence-corrected chi connectivity index (χ3v) is 19.0. The van der Waals surface area contributed by atoms with Gasteiger partial charge in [0.25, 0.3) is 0 Å². The fourth-order valence-corrected chi connectivity index (χ4v) is 17.5. The van der Waals surface area contributed by atoms with Gasteiger partial charge in [-0.1, -0.05) is 65.2 Å². The van der Waals surface area contributed by atoms with Crippen molar-refractivity contribution in [2.45, 2.75) is 96.3 Å². The Hall–Kier alpha value is -2.66. The molecule has 4 aromatic rings. The molecular formula is C41H40N2O4S4. The minimum absolute atomic E-state index is 0.0178. The van der Waals surface area contributed by atoms with Crippen LogP contribution in [-0.2, 0) is 24.6 Å². The zero-order valence-corrected chi connectivity index (χ0v) is 32.2. The molecule has 7 aliphatic rings. The molecule has 6 nitrogen and oxygen atoms in total. The van der Waals surface area contributed by atoms with Crippen LogP contribution in [0.5, 0.6) is 0 Å². The molecule has 0 radical (unpaired) electrons. The Morgan fingerprint density at radius 2 is 0.863 bits per heavy atom. The van der Waals surface area contributed by atoms with Crippen LogP contribution in [0.1, 0.15) is 102 Å². The summed E-state index contributed by atoms with van der Waals surface area (Å²) in [4.78, 5) is 66.6. The molecule has 8 atom stereocenters. The van der Waals surface area contributed by atoms with Crippen molar-refractivity contribution in [3.05, 3.63) is 23.3 Å². The number of Topliss-reactive ketones (excluding diaryl/α,β-unsaturated/α-hetero) is 4. The molecular weight excluding hydrogens is 713 g/mol. The first-order valence-corrected chi connectivity index (χ1v) is 22.4. The van der Waals surface area contributed by atoms with E-state index < -0.39 is 0 Å². The summed E-state index contributed by atoms with van der Waals surface area (Å²) in [6, 6.07) is 4.17. The van der Waals surface area contributed by atoms with Gasteiger partial charge in [-0.05, 0) is 72.6 Å². The third kappa shape index (κ3) is 4.48. The van der Waals surface area contributed by atoms with Crippen molar-refractivity contribution in [3.8, 4) is 9.75 Å². The minimum Gasteiger partial charge on any atom is -0.292 e. The molecule has 6 fully saturated rings. The predicted octanol–water partition coefficient (Wildman–Crippen LogP) is 10.7. The molecule has 0 aromatic carbocycles. The van der Waals surface area contributed by atoms with Crippen LogP contribution in [0.2, 0.25) is 0 Å². The number of aliphatic imine (C=N–C) groups is 2. The average molecular weight is 753 g/mol. The molecule has 0 aliphatic heterocycles. The lowest BCUT2D eigenvalue weighted by Crippen LogP contribution is -2.35. The lowest BCUT2D eigenvalue weighted by Gasteiger charge is -2.39. The number of ketones is 4. The number of carbonyl (C=O) groups is 4. The first kappa shape index (κ1) is 31.8. The van der Waals surface area contributed by atoms with Crippen molar-refractivity contribution in [3.63, 3.8) is 0 Å². The monoisotopic (exact) mass is 752 g/mol. The van der Waals surface area contributed by atoms with Crippen molar-refractivity contribution in [2.24, 2.45) is 57.3 Å². The van der Waals surface area contributed by atoms with E-state index in [0.29, 0.717) is 23.7 Å². The van der Waals surface area contributed by atoms with Crippen LogP contribution in [0.15, 0.2) is 22.1 Å². The summed E-state index contributed by atoms with van der Waals surface area (Å²) in [7, 11) is 0. The van der Waals surface area contributed by atoms with E-state index in [2.05, 4.69) is 26.0 Å². The minimum atomic E-state index is -0.264. The third-order valence-electron chi connectivity index (χ3n) is 14.2. The Labute approximate surface area is 312 Å². The summed E-state index contributed by atoms with van der Waals surface area (Å²) >= 11 is 6.79. The van der Waals surface area contributed by atoms with Crippen molar-refractivity contribution >= 4 is 109 Å². The first-order chi connectivity index (χ1) is 24.7. The van der Waals surface area contributed by atoms with E-state index in [1.54, 1.807) is 45.3 Å². The van der Waals surface area contributed by atoms with Crippen LogP contribution >= 0.6 is 45.3 Å². The summed E-state index contributed by atoms with van der Waals surface area (Å²) in [5.41, 5.74) is 2.73. The molecule has 0 amide bonds. The second kappa shape index (κ2) is 11.2. The molecule has 0 saturated heterocycles. The molecule has 10 heteroatoms. The number of hydrogen-bond donors (Lipinski definition) is 0. The molecule has 8 unspecified atom stereocenters. The summed E-state index contributed by atoms with van der Waals surface area (Å²) in [5, 5.41) is 1.51. The van der Waals surface area contributed by atoms with Gasteiger partial charge in [-0.3, -0.25) is 19.2 Å². The van der Waals surface area contributed by atoms with Gasteiger partial charge in [0.2, 0.25) is 0 Å². The van der Waals surface area contributed by atoms with Gasteiger partial charge < -0.3 is 0 Å². The van der Waals surface area contributed by atoms with Crippen LogP contribution in [-0.4, -0.2) is 34.6 Å². The van der Waals surface area contributed by atoms with E-state index in [1.807, 2.05) is 0 Å². The Kier molecular flexibility index (Phi) is 6.98. The van der Waals surface area contributed by atoms with Crippen LogP contribution in [0.4, 0.5) is 10.0 Å². The van der Waals surface area contributed by atoms with Gasteiger partial charge in [0.05, 0.1) is 19.2 Å². The fraction of sp³-hybridized carbons (Fsp3) is 0.561. The molecule has 262 valence electrons. The molecule has 6 saturated carbocycles. The Bertz CT molecular complexity index is 2080. The lowest BCUT2D eigenvalue weighted by molar-refractivity contribution is -0.123. The number of rotatable bonds is 2. The molecule has 7 aliphatic carbocycles. The highest BCUT2D eigenvalue weighted by atomic mass is 32.1. The van der Waals surface area contributed by atoms with Gasteiger partial charge >= 0.3 is 0 Å². The van der Waals surface area contributed by atoms with E-state index in [0.717, 1.165) is 45.1 Å². The Balaban J connectivity index is 0.897. The molecule has 11 rings (SSSR count). The second-order valence-corrected chi connectivity index (χ2v) is 21.3. The highest BCUT2D eigenvalue weighted by Crippen LogP contribution is 2.63. The summed E-state index contributed by atoms with van der Waals surface area (Å²) in [5.74, 6) is 1.62. The lowest BCUT2D eigenvalue weighted by atomic mass is 9.64. The van der Waals surface area contributed by atoms with E-state index in [-0.39, 0.29) is 63.6 Å². The van der Waals surface area contributed by atoms with Crippen molar-refractivity contribution in [2.75, 3.05) is 0 Å². The number of hydrogen-bond acceptors (Lipinski definition) is 10. The van der Waals surface area contributed by atoms with Gasteiger partial charge in [-0.25, -0.2) is 9.98 Å². The van der Waals surface area contributed by atoms with Crippen LogP contribution < -0.4 is 0 Å². The topological polar surface area (TPSA) is 93.0 Å². The van der Waals surface area contributed by atoms with Crippen molar-refractivity contribution in [1.29, 1.82) is 0 Å². The Morgan fingerprint density at radius 3 is 1.20 bits per heavy atom. The Morgan fingerprint density at radius 1 is 0.529 bits per heavy atom. The second-order valence-electron chi connectivity index (χ2n) is 17.1. The molecule has 4 heterocycles. The summed E-state index contributed by atoms with van der Waals surface area (Å²) in [6.07, 6.45) is 13.2. The van der Waals surface area contributed by atoms with Crippen LogP contribution in [0.3, 0.4) is 0 Å². The first-order valence-electron chi connectivity index (χ1n) is 19.1. The van der Waals surface area contributed by atoms with E-state index in [1.165, 1.54) is 81.6 Å². The standard InChI is InChI=1S/C41H40N2O4S4/c1-41(2)29-37-25(15-27(50-37)42-31-33(44)21-11-17-7-3-4-8-18(17)12-22(21)34(31)45)48-39(29)40-30(41)38-26(49-40)16-28(51-38)43-32-35(46)23-13-19-9-5-6-10-20(19)14-24(23)36(32)47/h15-24H,3-14H2,1-2H3. The van der Waals surface area contributed by atoms with E-state index >= 15 is 0 Å². The smallest absolute Gasteiger partial charge is 0.188 e. The van der Waals surface area contributed by atoms with Crippen LogP contribution in [0.25, 0.3) is 28.6 Å². The molecule has 0 N–H and O–H groups in total. The number of carbonyl (C=O) groups excluding carboxylic acids is 4. The van der Waals surface area contributed by atoms with E-state index in [9.17, 15) is 19.2 Å². The molecule has 0 bridgehead atoms. The maximum atomic E-state index is 13.6. The highest BCUT2D eigenvalue weighted by Gasteiger charge is 2.54. The zero-order valence-electron chi connectivity index (χ0n) is 28.9. The van der Waals surface area contributed by atoms with Gasteiger partial charge in [0.1, 0.15) is 10.0 Å². The SMILES string of the molecule is CC1(C)c2c(sc3cc(N=C4C(=O)C5CC6CCCCC6CC5C4=O)sc23)-c2sc3cc(N=C4C(=O)C5CC6CCCCC6CC5C4=O)sc3c21. The largest absolute Gasteiger partial charge is 0.292 e. The van der Waals surface area contributed by atoms with Crippen molar-refractivity contribution < 1.29 is 19.2 Å². The number of thiophene rings is 4. The maximum absolute atomic E-state index is 13.6. The molecule has 4 aromatic heterocycles.